The quantitative estimate of drug-likeness (QED) is 0.579. The summed E-state index contributed by atoms with van der Waals surface area (Å²) in [6.45, 7) is 2.43. The third-order valence-electron chi connectivity index (χ3n) is 4.22. The number of nitrogens with one attached hydrogen (secondary N) is 1. The number of benzene rings is 2. The van der Waals surface area contributed by atoms with Crippen LogP contribution in [0.3, 0.4) is 0 Å². The van der Waals surface area contributed by atoms with Crippen molar-refractivity contribution in [1.82, 2.24) is 15.3 Å². The molecule has 0 unspecified atom stereocenters. The lowest BCUT2D eigenvalue weighted by molar-refractivity contribution is 0.0951. The van der Waals surface area contributed by atoms with Crippen LogP contribution in [-0.4, -0.2) is 15.9 Å². The average Bonchev–Trinajstić information content (AvgIpc) is 3.07. The summed E-state index contributed by atoms with van der Waals surface area (Å²) in [5.74, 6) is -0.0773. The molecule has 0 atom stereocenters. The molecule has 0 radical (unpaired) electrons. The maximum absolute atomic E-state index is 12.5. The number of rotatable bonds is 4. The number of thiazole rings is 1. The largest absolute Gasteiger partial charge is 0.347 e. The van der Waals surface area contributed by atoms with E-state index in [1.807, 2.05) is 61.5 Å². The van der Waals surface area contributed by atoms with Gasteiger partial charge >= 0.3 is 0 Å². The van der Waals surface area contributed by atoms with Gasteiger partial charge in [-0.2, -0.15) is 0 Å². The van der Waals surface area contributed by atoms with Crippen molar-refractivity contribution >= 4 is 28.0 Å². The second-order valence-corrected chi connectivity index (χ2v) is 7.10. The lowest BCUT2D eigenvalue weighted by Crippen LogP contribution is -2.22. The van der Waals surface area contributed by atoms with E-state index < -0.39 is 0 Å². The fourth-order valence-electron chi connectivity index (χ4n) is 2.80. The highest BCUT2D eigenvalue weighted by molar-refractivity contribution is 7.15. The molecule has 4 rings (SSSR count). The van der Waals surface area contributed by atoms with Crippen LogP contribution < -0.4 is 5.32 Å². The summed E-state index contributed by atoms with van der Waals surface area (Å²) in [5, 5.41) is 6.11. The van der Waals surface area contributed by atoms with Crippen molar-refractivity contribution in [3.8, 4) is 10.6 Å². The molecular formula is C21H17N3OS. The Morgan fingerprint density at radius 2 is 1.92 bits per heavy atom. The van der Waals surface area contributed by atoms with Crippen molar-refractivity contribution < 1.29 is 4.79 Å². The Hall–Kier alpha value is -3.05. The van der Waals surface area contributed by atoms with Gasteiger partial charge in [0.2, 0.25) is 0 Å². The average molecular weight is 359 g/mol. The van der Waals surface area contributed by atoms with Crippen LogP contribution in [0.5, 0.6) is 0 Å². The second-order valence-electron chi connectivity index (χ2n) is 6.01. The predicted octanol–water partition coefficient (Wildman–Crippen LogP) is 4.60. The van der Waals surface area contributed by atoms with Crippen molar-refractivity contribution in [2.75, 3.05) is 0 Å². The highest BCUT2D eigenvalue weighted by atomic mass is 32.1. The Morgan fingerprint density at radius 3 is 2.73 bits per heavy atom. The highest BCUT2D eigenvalue weighted by Gasteiger charge is 2.12. The van der Waals surface area contributed by atoms with E-state index in [1.54, 1.807) is 23.7 Å². The van der Waals surface area contributed by atoms with E-state index in [1.165, 1.54) is 0 Å². The zero-order valence-electron chi connectivity index (χ0n) is 14.3. The number of amides is 1. The molecule has 0 saturated carbocycles. The molecule has 0 spiro atoms. The van der Waals surface area contributed by atoms with Crippen molar-refractivity contribution in [3.63, 3.8) is 0 Å². The number of aromatic nitrogens is 2. The number of nitrogens with zero attached hydrogens (tertiary/aromatic N) is 2. The first-order chi connectivity index (χ1) is 12.7. The van der Waals surface area contributed by atoms with Crippen molar-refractivity contribution in [1.29, 1.82) is 0 Å². The topological polar surface area (TPSA) is 54.9 Å². The number of carbonyl (C=O) groups excluding carboxylic acids is 1. The van der Waals surface area contributed by atoms with Gasteiger partial charge in [0.25, 0.3) is 5.91 Å². The van der Waals surface area contributed by atoms with Gasteiger partial charge < -0.3 is 5.32 Å². The fraction of sp³-hybridized carbons (Fsp3) is 0.0952. The zero-order valence-corrected chi connectivity index (χ0v) is 15.1. The second kappa shape index (κ2) is 7.06. The van der Waals surface area contributed by atoms with E-state index in [0.717, 1.165) is 31.9 Å². The van der Waals surface area contributed by atoms with Gasteiger partial charge in [-0.1, -0.05) is 30.3 Å². The SMILES string of the molecule is Cc1nc(-c2cccnc2)sc1CNC(=O)c1ccc2ccccc2c1. The molecule has 0 aliphatic heterocycles. The normalized spacial score (nSPS) is 10.8. The summed E-state index contributed by atoms with van der Waals surface area (Å²) in [6.07, 6.45) is 3.55. The van der Waals surface area contributed by atoms with Crippen LogP contribution in [-0.2, 0) is 6.54 Å². The summed E-state index contributed by atoms with van der Waals surface area (Å²) < 4.78 is 0. The van der Waals surface area contributed by atoms with E-state index in [4.69, 9.17) is 0 Å². The number of fused-ring (bicyclic) bond motifs is 1. The van der Waals surface area contributed by atoms with Gasteiger partial charge in [-0.25, -0.2) is 4.98 Å². The van der Waals surface area contributed by atoms with E-state index >= 15 is 0 Å². The van der Waals surface area contributed by atoms with Gasteiger partial charge in [0, 0.05) is 28.4 Å². The molecule has 0 bridgehead atoms. The van der Waals surface area contributed by atoms with Crippen LogP contribution in [0.2, 0.25) is 0 Å². The molecule has 4 nitrogen and oxygen atoms in total. The minimum Gasteiger partial charge on any atom is -0.347 e. The highest BCUT2D eigenvalue weighted by Crippen LogP contribution is 2.27. The van der Waals surface area contributed by atoms with Gasteiger partial charge in [-0.15, -0.1) is 11.3 Å². The predicted molar refractivity (Wildman–Crippen MR) is 105 cm³/mol. The molecule has 26 heavy (non-hydrogen) atoms. The van der Waals surface area contributed by atoms with E-state index in [2.05, 4.69) is 15.3 Å². The minimum absolute atomic E-state index is 0.0773. The van der Waals surface area contributed by atoms with Crippen LogP contribution >= 0.6 is 11.3 Å². The summed E-state index contributed by atoms with van der Waals surface area (Å²) in [4.78, 5) is 22.3. The van der Waals surface area contributed by atoms with Crippen LogP contribution in [0.1, 0.15) is 20.9 Å². The Balaban J connectivity index is 1.49. The molecule has 5 heteroatoms. The first-order valence-electron chi connectivity index (χ1n) is 8.34. The smallest absolute Gasteiger partial charge is 0.251 e. The zero-order chi connectivity index (χ0) is 17.9. The fourth-order valence-corrected chi connectivity index (χ4v) is 3.79. The summed E-state index contributed by atoms with van der Waals surface area (Å²) in [5.41, 5.74) is 2.60. The Bertz CT molecular complexity index is 1070. The van der Waals surface area contributed by atoms with Gasteiger partial charge in [-0.3, -0.25) is 9.78 Å². The van der Waals surface area contributed by atoms with E-state index in [-0.39, 0.29) is 5.91 Å². The lowest BCUT2D eigenvalue weighted by Gasteiger charge is -2.05. The van der Waals surface area contributed by atoms with Gasteiger partial charge in [-0.05, 0) is 42.0 Å². The third kappa shape index (κ3) is 3.34. The number of carbonyl (C=O) groups is 1. The van der Waals surface area contributed by atoms with E-state index in [0.29, 0.717) is 12.1 Å². The number of hydrogen-bond acceptors (Lipinski definition) is 4. The van der Waals surface area contributed by atoms with Crippen LogP contribution in [0, 0.1) is 6.92 Å². The van der Waals surface area contributed by atoms with Crippen molar-refractivity contribution in [2.24, 2.45) is 0 Å². The molecule has 2 aromatic carbocycles. The summed E-state index contributed by atoms with van der Waals surface area (Å²) in [6, 6.07) is 17.7. The number of pyridine rings is 1. The van der Waals surface area contributed by atoms with Crippen molar-refractivity contribution in [3.05, 3.63) is 83.1 Å². The third-order valence-corrected chi connectivity index (χ3v) is 5.43. The van der Waals surface area contributed by atoms with Crippen LogP contribution in [0.25, 0.3) is 21.3 Å². The van der Waals surface area contributed by atoms with E-state index in [9.17, 15) is 4.79 Å². The molecule has 128 valence electrons. The molecule has 2 aromatic heterocycles. The first-order valence-corrected chi connectivity index (χ1v) is 9.16. The molecule has 0 saturated heterocycles. The Kier molecular flexibility index (Phi) is 4.46. The number of aryl methyl sites for hydroxylation is 1. The Morgan fingerprint density at radius 1 is 1.08 bits per heavy atom. The van der Waals surface area contributed by atoms with Gasteiger partial charge in [0.15, 0.2) is 0 Å². The standard InChI is InChI=1S/C21H17N3OS/c1-14-19(26-21(24-14)18-7-4-10-22-12-18)13-23-20(25)17-9-8-15-5-2-3-6-16(15)11-17/h2-12H,13H2,1H3,(H,23,25). The maximum atomic E-state index is 12.5. The molecule has 4 aromatic rings. The monoisotopic (exact) mass is 359 g/mol. The summed E-state index contributed by atoms with van der Waals surface area (Å²) in [7, 11) is 0. The van der Waals surface area contributed by atoms with Crippen LogP contribution in [0.4, 0.5) is 0 Å². The van der Waals surface area contributed by atoms with Gasteiger partial charge in [0.05, 0.1) is 12.2 Å². The maximum Gasteiger partial charge on any atom is 0.251 e. The van der Waals surface area contributed by atoms with Crippen LogP contribution in [0.15, 0.2) is 67.0 Å². The van der Waals surface area contributed by atoms with Crippen molar-refractivity contribution in [2.45, 2.75) is 13.5 Å². The Labute approximate surface area is 155 Å². The van der Waals surface area contributed by atoms with Gasteiger partial charge in [0.1, 0.15) is 5.01 Å². The summed E-state index contributed by atoms with van der Waals surface area (Å²) >= 11 is 1.59. The number of hydrogen-bond donors (Lipinski definition) is 1. The first kappa shape index (κ1) is 16.4. The molecule has 1 amide bonds. The molecular weight excluding hydrogens is 342 g/mol. The molecule has 0 fully saturated rings. The lowest BCUT2D eigenvalue weighted by atomic mass is 10.1. The minimum atomic E-state index is -0.0773. The molecule has 0 aliphatic rings. The molecule has 2 heterocycles. The molecule has 1 N–H and O–H groups in total. The molecule has 0 aliphatic carbocycles.